The van der Waals surface area contributed by atoms with Gasteiger partial charge in [0.05, 0.1) is 19.2 Å². The van der Waals surface area contributed by atoms with Gasteiger partial charge in [0, 0.05) is 24.0 Å². The Morgan fingerprint density at radius 2 is 1.75 bits per heavy atom. The highest BCUT2D eigenvalue weighted by Gasteiger charge is 2.48. The van der Waals surface area contributed by atoms with Crippen molar-refractivity contribution >= 4 is 22.7 Å². The van der Waals surface area contributed by atoms with Gasteiger partial charge in [-0.1, -0.05) is 44.2 Å². The van der Waals surface area contributed by atoms with E-state index in [0.29, 0.717) is 18.0 Å². The second kappa shape index (κ2) is 9.96. The minimum Gasteiger partial charge on any atom is -0.497 e. The zero-order valence-electron chi connectivity index (χ0n) is 21.1. The number of carbonyl (C=O) groups is 2. The number of amides is 2. The third kappa shape index (κ3) is 4.59. The first-order chi connectivity index (χ1) is 17.4. The molecule has 2 amide bonds. The van der Waals surface area contributed by atoms with Gasteiger partial charge in [0.25, 0.3) is 5.91 Å². The van der Waals surface area contributed by atoms with Crippen molar-refractivity contribution < 1.29 is 18.7 Å². The van der Waals surface area contributed by atoms with Gasteiger partial charge in [-0.15, -0.1) is 0 Å². The van der Waals surface area contributed by atoms with E-state index in [2.05, 4.69) is 5.32 Å². The van der Waals surface area contributed by atoms with Crippen LogP contribution in [0.4, 0.5) is 4.39 Å². The summed E-state index contributed by atoms with van der Waals surface area (Å²) in [6, 6.07) is 13.8. The minimum absolute atomic E-state index is 0.111. The zero-order valence-corrected chi connectivity index (χ0v) is 21.1. The molecule has 36 heavy (non-hydrogen) atoms. The van der Waals surface area contributed by atoms with Crippen molar-refractivity contribution in [2.75, 3.05) is 7.11 Å². The van der Waals surface area contributed by atoms with Crippen molar-refractivity contribution in [2.45, 2.75) is 76.5 Å². The Morgan fingerprint density at radius 3 is 2.44 bits per heavy atom. The average Bonchev–Trinajstić information content (AvgIpc) is 3.22. The Hall–Kier alpha value is -3.35. The number of rotatable bonds is 5. The Kier molecular flexibility index (Phi) is 6.73. The molecule has 0 spiro atoms. The summed E-state index contributed by atoms with van der Waals surface area (Å²) < 4.78 is 20.9. The number of carbonyl (C=O) groups excluding carboxylic acids is 2. The third-order valence-corrected chi connectivity index (χ3v) is 7.82. The van der Waals surface area contributed by atoms with E-state index >= 15 is 0 Å². The van der Waals surface area contributed by atoms with Crippen molar-refractivity contribution in [2.24, 2.45) is 0 Å². The SMILES string of the molecule is COc1ccc2cc3n(c2c1)C[C@](C)(C(=O)NC1CCCCCCC1)N(Cc1ccc(F)cc1)C3=O. The van der Waals surface area contributed by atoms with E-state index in [4.69, 9.17) is 4.74 Å². The van der Waals surface area contributed by atoms with Crippen molar-refractivity contribution in [1.82, 2.24) is 14.8 Å². The number of methoxy groups -OCH3 is 1. The van der Waals surface area contributed by atoms with Crippen LogP contribution in [0, 0.1) is 5.82 Å². The minimum atomic E-state index is -1.12. The molecule has 1 aliphatic carbocycles. The Balaban J connectivity index is 1.53. The van der Waals surface area contributed by atoms with Gasteiger partial charge in [0.1, 0.15) is 22.8 Å². The van der Waals surface area contributed by atoms with Crippen LogP contribution in [0.3, 0.4) is 0 Å². The van der Waals surface area contributed by atoms with Gasteiger partial charge in [-0.2, -0.15) is 0 Å². The van der Waals surface area contributed by atoms with Gasteiger partial charge >= 0.3 is 0 Å². The lowest BCUT2D eigenvalue weighted by molar-refractivity contribution is -0.134. The second-order valence-corrected chi connectivity index (χ2v) is 10.3. The van der Waals surface area contributed by atoms with Crippen LogP contribution in [-0.4, -0.2) is 40.0 Å². The van der Waals surface area contributed by atoms with Crippen LogP contribution in [0.5, 0.6) is 5.75 Å². The van der Waals surface area contributed by atoms with Crippen molar-refractivity contribution in [3.63, 3.8) is 0 Å². The lowest BCUT2D eigenvalue weighted by atomic mass is 9.91. The van der Waals surface area contributed by atoms with Crippen LogP contribution in [-0.2, 0) is 17.9 Å². The molecule has 0 unspecified atom stereocenters. The van der Waals surface area contributed by atoms with Gasteiger partial charge < -0.3 is 19.5 Å². The number of fused-ring (bicyclic) bond motifs is 3. The number of aromatic nitrogens is 1. The van der Waals surface area contributed by atoms with E-state index in [1.54, 1.807) is 24.1 Å². The number of hydrogen-bond acceptors (Lipinski definition) is 3. The lowest BCUT2D eigenvalue weighted by Gasteiger charge is -2.44. The second-order valence-electron chi connectivity index (χ2n) is 10.3. The number of hydrogen-bond donors (Lipinski definition) is 1. The van der Waals surface area contributed by atoms with Crippen LogP contribution in [0.1, 0.15) is 67.9 Å². The van der Waals surface area contributed by atoms with Crippen LogP contribution >= 0.6 is 0 Å². The summed E-state index contributed by atoms with van der Waals surface area (Å²) in [6.07, 6.45) is 7.77. The smallest absolute Gasteiger partial charge is 0.271 e. The molecular weight excluding hydrogens is 457 g/mol. The summed E-state index contributed by atoms with van der Waals surface area (Å²) in [4.78, 5) is 29.6. The number of ether oxygens (including phenoxy) is 1. The summed E-state index contributed by atoms with van der Waals surface area (Å²) in [5.41, 5.74) is 1.07. The standard InChI is InChI=1S/C29H34FN3O3/c1-29(28(35)31-23-8-6-4-3-5-7-9-23)19-32-25-17-24(36-2)15-12-21(25)16-26(32)27(34)33(29)18-20-10-13-22(30)14-11-20/h10-17,23H,3-9,18-19H2,1-2H3,(H,31,35)/t29-/m1/s1. The zero-order chi connectivity index (χ0) is 25.3. The van der Waals surface area contributed by atoms with E-state index in [1.165, 1.54) is 31.4 Å². The molecule has 0 radical (unpaired) electrons. The maximum atomic E-state index is 14.0. The molecule has 7 heteroatoms. The molecule has 2 aliphatic rings. The predicted octanol–water partition coefficient (Wildman–Crippen LogP) is 5.43. The average molecular weight is 492 g/mol. The van der Waals surface area contributed by atoms with Gasteiger partial charge in [0.2, 0.25) is 5.91 Å². The Labute approximate surface area is 211 Å². The summed E-state index contributed by atoms with van der Waals surface area (Å²) in [5, 5.41) is 4.23. The first-order valence-electron chi connectivity index (χ1n) is 12.9. The fourth-order valence-electron chi connectivity index (χ4n) is 5.62. The molecule has 1 atom stereocenters. The molecule has 2 heterocycles. The number of halogens is 1. The first-order valence-corrected chi connectivity index (χ1v) is 12.9. The molecule has 1 saturated carbocycles. The van der Waals surface area contributed by atoms with Gasteiger partial charge in [-0.05, 0) is 55.7 Å². The molecule has 3 aromatic rings. The van der Waals surface area contributed by atoms with Crippen LogP contribution in [0.15, 0.2) is 48.5 Å². The van der Waals surface area contributed by atoms with E-state index < -0.39 is 5.54 Å². The van der Waals surface area contributed by atoms with Crippen LogP contribution < -0.4 is 10.1 Å². The molecule has 0 bridgehead atoms. The van der Waals surface area contributed by atoms with Crippen LogP contribution in [0.25, 0.3) is 10.9 Å². The van der Waals surface area contributed by atoms with E-state index in [1.807, 2.05) is 35.8 Å². The monoisotopic (exact) mass is 491 g/mol. The van der Waals surface area contributed by atoms with E-state index in [0.717, 1.165) is 42.1 Å². The fourth-order valence-corrected chi connectivity index (χ4v) is 5.62. The molecule has 6 nitrogen and oxygen atoms in total. The molecule has 2 aromatic carbocycles. The summed E-state index contributed by atoms with van der Waals surface area (Å²) >= 11 is 0. The highest BCUT2D eigenvalue weighted by Crippen LogP contribution is 2.35. The van der Waals surface area contributed by atoms with Gasteiger partial charge in [-0.25, -0.2) is 4.39 Å². The predicted molar refractivity (Wildman–Crippen MR) is 137 cm³/mol. The maximum absolute atomic E-state index is 14.0. The highest BCUT2D eigenvalue weighted by atomic mass is 19.1. The Bertz CT molecular complexity index is 1260. The summed E-state index contributed by atoms with van der Waals surface area (Å²) in [7, 11) is 1.61. The van der Waals surface area contributed by atoms with Crippen LogP contribution in [0.2, 0.25) is 0 Å². The number of benzene rings is 2. The lowest BCUT2D eigenvalue weighted by Crippen LogP contribution is -2.64. The van der Waals surface area contributed by atoms with E-state index in [-0.39, 0.29) is 30.2 Å². The molecule has 190 valence electrons. The molecule has 1 aliphatic heterocycles. The molecule has 5 rings (SSSR count). The summed E-state index contributed by atoms with van der Waals surface area (Å²) in [6.45, 7) is 2.39. The molecular formula is C29H34FN3O3. The quantitative estimate of drug-likeness (QED) is 0.518. The highest BCUT2D eigenvalue weighted by molar-refractivity contribution is 6.03. The van der Waals surface area contributed by atoms with Gasteiger partial charge in [-0.3, -0.25) is 9.59 Å². The number of nitrogens with one attached hydrogen (secondary N) is 1. The van der Waals surface area contributed by atoms with Crippen molar-refractivity contribution in [1.29, 1.82) is 0 Å². The molecule has 1 N–H and O–H groups in total. The summed E-state index contributed by atoms with van der Waals surface area (Å²) in [5.74, 6) is 0.0165. The number of nitrogens with zero attached hydrogens (tertiary/aromatic N) is 2. The molecule has 1 aromatic heterocycles. The molecule has 1 fully saturated rings. The topological polar surface area (TPSA) is 63.6 Å². The largest absolute Gasteiger partial charge is 0.497 e. The van der Waals surface area contributed by atoms with Gasteiger partial charge in [0.15, 0.2) is 0 Å². The first kappa shape index (κ1) is 24.3. The van der Waals surface area contributed by atoms with Crippen molar-refractivity contribution in [3.05, 3.63) is 65.6 Å². The third-order valence-electron chi connectivity index (χ3n) is 7.82. The van der Waals surface area contributed by atoms with E-state index in [9.17, 15) is 14.0 Å². The molecule has 0 saturated heterocycles. The van der Waals surface area contributed by atoms with Crippen molar-refractivity contribution in [3.8, 4) is 5.75 Å². The normalized spacial score (nSPS) is 21.1. The fraction of sp³-hybridized carbons (Fsp3) is 0.448. The Morgan fingerprint density at radius 1 is 1.06 bits per heavy atom. The maximum Gasteiger partial charge on any atom is 0.271 e.